The zero-order chi connectivity index (χ0) is 25.5. The van der Waals surface area contributed by atoms with Gasteiger partial charge in [-0.2, -0.15) is 65.9 Å². The molecule has 0 rings (SSSR count). The van der Waals surface area contributed by atoms with E-state index in [4.69, 9.17) is 9.79 Å². The van der Waals surface area contributed by atoms with Crippen LogP contribution in [0.3, 0.4) is 0 Å². The van der Waals surface area contributed by atoms with Crippen molar-refractivity contribution in [3.8, 4) is 0 Å². The summed E-state index contributed by atoms with van der Waals surface area (Å²) in [6.07, 6.45) is -13.9. The molecule has 0 radical (unpaired) electrons. The molecule has 0 saturated carbocycles. The summed E-state index contributed by atoms with van der Waals surface area (Å²) in [5.41, 5.74) is 0. The highest BCUT2D eigenvalue weighted by Crippen LogP contribution is 2.62. The minimum absolute atomic E-state index is 0.658. The van der Waals surface area contributed by atoms with Crippen LogP contribution in [0.4, 0.5) is 65.9 Å². The average molecular weight is 520 g/mol. The van der Waals surface area contributed by atoms with Gasteiger partial charge >= 0.3 is 49.3 Å². The molecule has 0 unspecified atom stereocenters. The van der Waals surface area contributed by atoms with Crippen LogP contribution in [0.5, 0.6) is 0 Å². The first kappa shape index (κ1) is 30.1. The minimum atomic E-state index is -8.31. The van der Waals surface area contributed by atoms with Gasteiger partial charge in [0.1, 0.15) is 0 Å². The molecule has 0 saturated heterocycles. The number of halogens is 15. The van der Waals surface area contributed by atoms with E-state index in [1.165, 1.54) is 0 Å². The van der Waals surface area contributed by atoms with Gasteiger partial charge in [0.05, 0.1) is 0 Å². The molecule has 0 aliphatic carbocycles. The number of hydrogen-bond donors (Lipinski definition) is 2. The molecular weight excluding hydrogens is 508 g/mol. The van der Waals surface area contributed by atoms with Crippen LogP contribution in [-0.2, 0) is 4.57 Å². The van der Waals surface area contributed by atoms with Gasteiger partial charge < -0.3 is 9.79 Å². The van der Waals surface area contributed by atoms with Gasteiger partial charge in [-0.1, -0.05) is 6.42 Å². The van der Waals surface area contributed by atoms with E-state index in [-0.39, 0.29) is 0 Å². The zero-order valence-corrected chi connectivity index (χ0v) is 15.3. The lowest BCUT2D eigenvalue weighted by Gasteiger charge is -2.41. The zero-order valence-electron chi connectivity index (χ0n) is 14.5. The first-order chi connectivity index (χ1) is 13.2. The van der Waals surface area contributed by atoms with E-state index in [9.17, 15) is 70.4 Å². The smallest absolute Gasteiger partial charge is 0.324 e. The molecule has 0 heterocycles. The summed E-state index contributed by atoms with van der Waals surface area (Å²) >= 11 is 0. The van der Waals surface area contributed by atoms with Crippen molar-refractivity contribution in [3.63, 3.8) is 0 Å². The quantitative estimate of drug-likeness (QED) is 0.197. The van der Waals surface area contributed by atoms with Crippen LogP contribution in [-0.4, -0.2) is 57.7 Å². The molecule has 0 spiro atoms. The van der Waals surface area contributed by atoms with E-state index in [1.54, 1.807) is 0 Å². The van der Waals surface area contributed by atoms with Gasteiger partial charge in [0.25, 0.3) is 0 Å². The Hall–Kier alpha value is -0.900. The van der Waals surface area contributed by atoms with E-state index < -0.39 is 81.2 Å². The van der Waals surface area contributed by atoms with Crippen molar-refractivity contribution in [2.45, 2.75) is 67.4 Å². The second-order valence-electron chi connectivity index (χ2n) is 6.27. The molecule has 0 aromatic rings. The summed E-state index contributed by atoms with van der Waals surface area (Å²) in [6.45, 7) is 0. The summed E-state index contributed by atoms with van der Waals surface area (Å²) in [7, 11) is -4.68. The molecule has 0 aromatic heterocycles. The Morgan fingerprint density at radius 1 is 0.516 bits per heavy atom. The summed E-state index contributed by atoms with van der Waals surface area (Å²) in [6, 6.07) is 0. The van der Waals surface area contributed by atoms with E-state index in [1.807, 2.05) is 0 Å². The molecule has 0 aliphatic rings. The predicted molar refractivity (Wildman–Crippen MR) is 71.1 cm³/mol. The molecule has 0 fully saturated rings. The molecule has 0 aliphatic heterocycles. The van der Waals surface area contributed by atoms with Crippen molar-refractivity contribution >= 4 is 7.60 Å². The minimum Gasteiger partial charge on any atom is -0.324 e. The Balaban J connectivity index is 5.86. The Morgan fingerprint density at radius 2 is 0.871 bits per heavy atom. The second kappa shape index (κ2) is 8.47. The van der Waals surface area contributed by atoms with Crippen LogP contribution in [0, 0.1) is 0 Å². The third-order valence-corrected chi connectivity index (χ3v) is 4.73. The fourth-order valence-corrected chi connectivity index (χ4v) is 2.63. The van der Waals surface area contributed by atoms with Crippen molar-refractivity contribution in [2.75, 3.05) is 6.16 Å². The van der Waals surface area contributed by atoms with Crippen molar-refractivity contribution in [2.24, 2.45) is 0 Å². The topological polar surface area (TPSA) is 57.5 Å². The summed E-state index contributed by atoms with van der Waals surface area (Å²) in [5, 5.41) is 0. The number of hydrogen-bond acceptors (Lipinski definition) is 1. The van der Waals surface area contributed by atoms with Crippen LogP contribution in [0.15, 0.2) is 0 Å². The fourth-order valence-electron chi connectivity index (χ4n) is 2.00. The molecule has 2 N–H and O–H groups in total. The van der Waals surface area contributed by atoms with E-state index in [0.717, 1.165) is 0 Å². The average Bonchev–Trinajstić information content (AvgIpc) is 2.51. The lowest BCUT2D eigenvalue weighted by Crippen LogP contribution is -2.72. The first-order valence-electron chi connectivity index (χ1n) is 7.59. The van der Waals surface area contributed by atoms with Crippen molar-refractivity contribution in [1.82, 2.24) is 0 Å². The molecule has 0 atom stereocenters. The molecule has 31 heavy (non-hydrogen) atoms. The number of rotatable bonds is 11. The maximum absolute atomic E-state index is 13.4. The Labute approximate surface area is 162 Å². The molecule has 188 valence electrons. The fraction of sp³-hybridized carbons (Fsp3) is 1.00. The van der Waals surface area contributed by atoms with Crippen LogP contribution < -0.4 is 0 Å². The molecule has 0 aromatic carbocycles. The molecule has 0 bridgehead atoms. The number of alkyl halides is 15. The first-order valence-corrected chi connectivity index (χ1v) is 9.38. The Kier molecular flexibility index (Phi) is 8.22. The molecular formula is C12H12F15O3P. The maximum Gasteiger partial charge on any atom is 0.460 e. The number of unbranched alkanes of at least 4 members (excludes halogenated alkanes) is 2. The summed E-state index contributed by atoms with van der Waals surface area (Å²) in [5.74, 6) is -46.6. The van der Waals surface area contributed by atoms with Crippen molar-refractivity contribution in [3.05, 3.63) is 0 Å². The monoisotopic (exact) mass is 520 g/mol. The van der Waals surface area contributed by atoms with E-state index >= 15 is 0 Å². The SMILES string of the molecule is O=P(O)(O)CCCCCC(F)(F)C(F)(F)C(F)(F)C(F)(F)C(F)(F)C(F)(F)C(F)(F)F. The third kappa shape index (κ3) is 5.37. The van der Waals surface area contributed by atoms with Gasteiger partial charge in [-0.3, -0.25) is 4.57 Å². The van der Waals surface area contributed by atoms with Crippen molar-refractivity contribution < 1.29 is 80.2 Å². The Morgan fingerprint density at radius 3 is 1.23 bits per heavy atom. The van der Waals surface area contributed by atoms with Crippen LogP contribution in [0.2, 0.25) is 0 Å². The van der Waals surface area contributed by atoms with Gasteiger partial charge in [0, 0.05) is 12.6 Å². The molecule has 0 amide bonds. The predicted octanol–water partition coefficient (Wildman–Crippen LogP) is 6.10. The molecule has 19 heteroatoms. The van der Waals surface area contributed by atoms with Crippen LogP contribution >= 0.6 is 7.60 Å². The summed E-state index contributed by atoms with van der Waals surface area (Å²) in [4.78, 5) is 16.9. The largest absolute Gasteiger partial charge is 0.460 e. The highest BCUT2D eigenvalue weighted by molar-refractivity contribution is 7.51. The van der Waals surface area contributed by atoms with Crippen molar-refractivity contribution in [1.29, 1.82) is 0 Å². The van der Waals surface area contributed by atoms with Crippen LogP contribution in [0.25, 0.3) is 0 Å². The summed E-state index contributed by atoms with van der Waals surface area (Å²) < 4.78 is 204. The maximum atomic E-state index is 13.4. The van der Waals surface area contributed by atoms with Crippen LogP contribution in [0.1, 0.15) is 25.7 Å². The van der Waals surface area contributed by atoms with Gasteiger partial charge in [-0.25, -0.2) is 0 Å². The highest BCUT2D eigenvalue weighted by atomic mass is 31.2. The van der Waals surface area contributed by atoms with Gasteiger partial charge in [0.2, 0.25) is 0 Å². The Bertz CT molecular complexity index is 667. The van der Waals surface area contributed by atoms with E-state index in [2.05, 4.69) is 0 Å². The van der Waals surface area contributed by atoms with Gasteiger partial charge in [-0.15, -0.1) is 0 Å². The van der Waals surface area contributed by atoms with Gasteiger partial charge in [0.15, 0.2) is 0 Å². The lowest BCUT2D eigenvalue weighted by atomic mass is 9.89. The lowest BCUT2D eigenvalue weighted by molar-refractivity contribution is -0.452. The normalized spacial score (nSPS) is 16.0. The van der Waals surface area contributed by atoms with Gasteiger partial charge in [-0.05, 0) is 12.8 Å². The highest BCUT2D eigenvalue weighted by Gasteiger charge is 2.93. The molecule has 3 nitrogen and oxygen atoms in total. The standard InChI is InChI=1S/C12H12F15O3P/c13-6(14,4-2-1-3-5-31(28,29)30)7(15,16)8(17,18)9(19,20)10(21,22)11(23,24)12(25,26)27/h1-5H2,(H2,28,29,30). The third-order valence-electron chi connectivity index (χ3n) is 3.83. The second-order valence-corrected chi connectivity index (χ2v) is 8.05. The van der Waals surface area contributed by atoms with E-state index in [0.29, 0.717) is 0 Å².